The Morgan fingerprint density at radius 1 is 1.00 bits per heavy atom. The fourth-order valence-electron chi connectivity index (χ4n) is 6.16. The standard InChI is InChI=1S/C31H26F2N4O6/c1-17(2)42-31(40)43-29-23(38)11-13-36-28(29)30(39)35-14-15-41-16-24(35)37(36)27-18-6-3-4-7-21(18)34-12-5-8-22(34)25-19(27)9-10-20(32)26(25)33/h3-13,17,24,27H,14-16H2,1-2H3. The molecule has 0 saturated carbocycles. The van der Waals surface area contributed by atoms with Crippen molar-refractivity contribution < 1.29 is 32.6 Å². The number of hydrogen-bond acceptors (Lipinski definition) is 7. The Balaban J connectivity index is 1.52. The summed E-state index contributed by atoms with van der Waals surface area (Å²) in [6, 6.07) is 13.9. The van der Waals surface area contributed by atoms with Crippen molar-refractivity contribution in [3.63, 3.8) is 0 Å². The van der Waals surface area contributed by atoms with E-state index in [0.29, 0.717) is 16.9 Å². The number of amides is 1. The summed E-state index contributed by atoms with van der Waals surface area (Å²) in [4.78, 5) is 41.2. The molecule has 0 radical (unpaired) electrons. The van der Waals surface area contributed by atoms with Crippen molar-refractivity contribution >= 4 is 12.1 Å². The largest absolute Gasteiger partial charge is 0.514 e. The van der Waals surface area contributed by atoms with E-state index >= 15 is 4.39 Å². The number of benzene rings is 2. The summed E-state index contributed by atoms with van der Waals surface area (Å²) in [6.07, 6.45) is 0.806. The molecule has 1 fully saturated rings. The molecule has 10 nitrogen and oxygen atoms in total. The first-order valence-corrected chi connectivity index (χ1v) is 13.8. The first kappa shape index (κ1) is 26.9. The molecule has 2 aromatic heterocycles. The maximum absolute atomic E-state index is 15.8. The zero-order valence-electron chi connectivity index (χ0n) is 23.2. The molecule has 1 saturated heterocycles. The van der Waals surface area contributed by atoms with Crippen molar-refractivity contribution in [1.29, 1.82) is 0 Å². The third kappa shape index (κ3) is 4.12. The van der Waals surface area contributed by atoms with Gasteiger partial charge in [0.25, 0.3) is 5.91 Å². The second-order valence-corrected chi connectivity index (χ2v) is 10.7. The van der Waals surface area contributed by atoms with E-state index in [1.54, 1.807) is 41.8 Å². The van der Waals surface area contributed by atoms with Crippen molar-refractivity contribution in [3.05, 3.63) is 106 Å². The third-order valence-corrected chi connectivity index (χ3v) is 7.86. The van der Waals surface area contributed by atoms with Crippen LogP contribution >= 0.6 is 0 Å². The van der Waals surface area contributed by atoms with E-state index in [2.05, 4.69) is 0 Å². The van der Waals surface area contributed by atoms with E-state index in [0.717, 1.165) is 11.6 Å². The van der Waals surface area contributed by atoms with E-state index in [-0.39, 0.29) is 31.0 Å². The van der Waals surface area contributed by atoms with Crippen LogP contribution in [0, 0.1) is 11.6 Å². The van der Waals surface area contributed by atoms with Gasteiger partial charge >= 0.3 is 6.16 Å². The number of rotatable bonds is 3. The molecule has 7 rings (SSSR count). The van der Waals surface area contributed by atoms with Gasteiger partial charge in [0.1, 0.15) is 12.2 Å². The average molecular weight is 589 g/mol. The fourth-order valence-corrected chi connectivity index (χ4v) is 6.16. The molecule has 3 aliphatic rings. The lowest BCUT2D eigenvalue weighted by molar-refractivity contribution is -0.0197. The number of nitrogens with zero attached hydrogens (tertiary/aromatic N) is 4. The Bertz CT molecular complexity index is 1850. The predicted octanol–water partition coefficient (Wildman–Crippen LogP) is 4.36. The van der Waals surface area contributed by atoms with Gasteiger partial charge in [0.05, 0.1) is 30.7 Å². The van der Waals surface area contributed by atoms with Gasteiger partial charge in [0, 0.05) is 36.1 Å². The molecule has 0 aliphatic carbocycles. The summed E-state index contributed by atoms with van der Waals surface area (Å²) < 4.78 is 50.2. The van der Waals surface area contributed by atoms with E-state index in [9.17, 15) is 18.8 Å². The van der Waals surface area contributed by atoms with Crippen LogP contribution in [-0.4, -0.2) is 58.2 Å². The van der Waals surface area contributed by atoms with Crippen LogP contribution in [0.25, 0.3) is 16.9 Å². The third-order valence-electron chi connectivity index (χ3n) is 7.86. The van der Waals surface area contributed by atoms with Crippen LogP contribution in [0.3, 0.4) is 0 Å². The highest BCUT2D eigenvalue weighted by molar-refractivity contribution is 5.97. The maximum Gasteiger partial charge on any atom is 0.514 e. The molecule has 220 valence electrons. The van der Waals surface area contributed by atoms with Gasteiger partial charge in [0.15, 0.2) is 17.3 Å². The van der Waals surface area contributed by atoms with Crippen molar-refractivity contribution in [2.75, 3.05) is 24.8 Å². The van der Waals surface area contributed by atoms with E-state index < -0.39 is 53.2 Å². The monoisotopic (exact) mass is 588 g/mol. The molecule has 2 unspecified atom stereocenters. The van der Waals surface area contributed by atoms with Gasteiger partial charge in [-0.3, -0.25) is 19.3 Å². The van der Waals surface area contributed by atoms with E-state index in [1.807, 2.05) is 24.3 Å². The Labute approximate surface area is 244 Å². The quantitative estimate of drug-likeness (QED) is 0.328. The number of para-hydroxylation sites is 1. The van der Waals surface area contributed by atoms with Crippen LogP contribution in [0.1, 0.15) is 41.5 Å². The van der Waals surface area contributed by atoms with Gasteiger partial charge in [-0.1, -0.05) is 24.3 Å². The minimum Gasteiger partial charge on any atom is -0.431 e. The smallest absolute Gasteiger partial charge is 0.431 e. The van der Waals surface area contributed by atoms with E-state index in [1.165, 1.54) is 27.9 Å². The topological polar surface area (TPSA) is 95.2 Å². The molecule has 2 atom stereocenters. The van der Waals surface area contributed by atoms with Gasteiger partial charge in [-0.05, 0) is 43.7 Å². The highest BCUT2D eigenvalue weighted by atomic mass is 19.2. The van der Waals surface area contributed by atoms with Crippen LogP contribution < -0.4 is 15.2 Å². The molecule has 0 bridgehead atoms. The van der Waals surface area contributed by atoms with Gasteiger partial charge < -0.3 is 23.7 Å². The lowest BCUT2D eigenvalue weighted by Crippen LogP contribution is -2.66. The first-order valence-electron chi connectivity index (χ1n) is 13.8. The number of hydrogen-bond donors (Lipinski definition) is 0. The zero-order valence-corrected chi connectivity index (χ0v) is 23.2. The molecule has 4 aromatic rings. The molecule has 1 amide bonds. The maximum atomic E-state index is 15.8. The Kier molecular flexibility index (Phi) is 6.31. The van der Waals surface area contributed by atoms with Gasteiger partial charge in [-0.25, -0.2) is 13.6 Å². The number of ether oxygens (including phenoxy) is 3. The molecule has 0 N–H and O–H groups in total. The van der Waals surface area contributed by atoms with Gasteiger partial charge in [0.2, 0.25) is 11.2 Å². The second kappa shape index (κ2) is 10.1. The van der Waals surface area contributed by atoms with Gasteiger partial charge in [-0.2, -0.15) is 0 Å². The highest BCUT2D eigenvalue weighted by Gasteiger charge is 2.47. The van der Waals surface area contributed by atoms with Crippen molar-refractivity contribution in [1.82, 2.24) is 14.1 Å². The van der Waals surface area contributed by atoms with Gasteiger partial charge in [-0.15, -0.1) is 0 Å². The molecular formula is C31H26F2N4O6. The summed E-state index contributed by atoms with van der Waals surface area (Å²) in [7, 11) is 0. The SMILES string of the molecule is CC(C)OC(=O)Oc1c2n(ccc1=O)N(C1c3ccccc3-n3cccc3-c3c1ccc(F)c3F)C1COCCN1C2=O. The van der Waals surface area contributed by atoms with Crippen molar-refractivity contribution in [2.45, 2.75) is 32.2 Å². The molecular weight excluding hydrogens is 562 g/mol. The number of morpholine rings is 1. The summed E-state index contributed by atoms with van der Waals surface area (Å²) >= 11 is 0. The zero-order chi connectivity index (χ0) is 30.0. The van der Waals surface area contributed by atoms with Crippen LogP contribution in [-0.2, 0) is 9.47 Å². The molecule has 5 heterocycles. The predicted molar refractivity (Wildman–Crippen MR) is 150 cm³/mol. The number of fused-ring (bicyclic) bond motifs is 7. The fraction of sp³-hybridized carbons (Fsp3) is 0.258. The minimum atomic E-state index is -1.13. The van der Waals surface area contributed by atoms with E-state index in [4.69, 9.17) is 14.2 Å². The first-order chi connectivity index (χ1) is 20.8. The minimum absolute atomic E-state index is 0.0611. The lowest BCUT2D eigenvalue weighted by atomic mass is 9.91. The van der Waals surface area contributed by atoms with Crippen LogP contribution in [0.2, 0.25) is 0 Å². The van der Waals surface area contributed by atoms with Crippen molar-refractivity contribution in [3.8, 4) is 22.7 Å². The second-order valence-electron chi connectivity index (χ2n) is 10.7. The molecule has 3 aliphatic heterocycles. The Morgan fingerprint density at radius 2 is 1.81 bits per heavy atom. The number of pyridine rings is 1. The summed E-state index contributed by atoms with van der Waals surface area (Å²) in [5.41, 5.74) is 1.47. The van der Waals surface area contributed by atoms with Crippen LogP contribution in [0.5, 0.6) is 5.75 Å². The van der Waals surface area contributed by atoms with Crippen LogP contribution in [0.15, 0.2) is 71.8 Å². The van der Waals surface area contributed by atoms with Crippen molar-refractivity contribution in [2.24, 2.45) is 0 Å². The number of carbonyl (C=O) groups is 2. The molecule has 43 heavy (non-hydrogen) atoms. The highest BCUT2D eigenvalue weighted by Crippen LogP contribution is 2.46. The number of halogens is 2. The number of aromatic nitrogens is 2. The normalized spacial score (nSPS) is 18.7. The Hall–Kier alpha value is -4.97. The molecule has 0 spiro atoms. The van der Waals surface area contributed by atoms with Crippen LogP contribution in [0.4, 0.5) is 13.6 Å². The average Bonchev–Trinajstić information content (AvgIpc) is 3.43. The molecule has 12 heteroatoms. The summed E-state index contributed by atoms with van der Waals surface area (Å²) in [5.74, 6) is -3.06. The lowest BCUT2D eigenvalue weighted by Gasteiger charge is -2.51. The number of carbonyl (C=O) groups excluding carboxylic acids is 2. The summed E-state index contributed by atoms with van der Waals surface area (Å²) in [5, 5.41) is 1.79. The Morgan fingerprint density at radius 3 is 2.63 bits per heavy atom. The molecule has 2 aromatic carbocycles. The summed E-state index contributed by atoms with van der Waals surface area (Å²) in [6.45, 7) is 3.75.